The minimum atomic E-state index is -0.109. The molecule has 25 heavy (non-hydrogen) atoms. The fourth-order valence-electron chi connectivity index (χ4n) is 3.18. The SMILES string of the molecule is Cn1ncc(N2CCC(c3nc4cc(Cl)ccc4s3)CC2)c(Br)c1=O. The number of benzene rings is 1. The Kier molecular flexibility index (Phi) is 4.56. The molecule has 3 heterocycles. The first-order chi connectivity index (χ1) is 12.0. The van der Waals surface area contributed by atoms with Gasteiger partial charge in [0.25, 0.3) is 5.56 Å². The van der Waals surface area contributed by atoms with Crippen LogP contribution in [-0.2, 0) is 7.05 Å². The summed E-state index contributed by atoms with van der Waals surface area (Å²) in [4.78, 5) is 19.1. The van der Waals surface area contributed by atoms with Gasteiger partial charge in [-0.05, 0) is 47.0 Å². The van der Waals surface area contributed by atoms with Gasteiger partial charge in [0.1, 0.15) is 4.47 Å². The van der Waals surface area contributed by atoms with E-state index in [9.17, 15) is 4.79 Å². The third-order valence-corrected chi connectivity index (χ3v) is 6.79. The van der Waals surface area contributed by atoms with Crippen molar-refractivity contribution in [2.75, 3.05) is 18.0 Å². The monoisotopic (exact) mass is 438 g/mol. The molecular formula is C17H16BrClN4OS. The van der Waals surface area contributed by atoms with Crippen molar-refractivity contribution in [3.8, 4) is 0 Å². The molecule has 0 aliphatic carbocycles. The summed E-state index contributed by atoms with van der Waals surface area (Å²) in [5.41, 5.74) is 1.74. The molecule has 0 spiro atoms. The van der Waals surface area contributed by atoms with E-state index in [1.807, 2.05) is 18.2 Å². The predicted octanol–water partition coefficient (Wildman–Crippen LogP) is 4.19. The van der Waals surface area contributed by atoms with Crippen LogP contribution in [0, 0.1) is 0 Å². The van der Waals surface area contributed by atoms with E-state index in [0.717, 1.165) is 42.2 Å². The molecule has 0 bridgehead atoms. The van der Waals surface area contributed by atoms with Crippen molar-refractivity contribution in [2.45, 2.75) is 18.8 Å². The Morgan fingerprint density at radius 3 is 2.84 bits per heavy atom. The van der Waals surface area contributed by atoms with E-state index in [2.05, 4.69) is 25.9 Å². The Hall–Kier alpha value is -1.44. The molecule has 0 unspecified atom stereocenters. The maximum atomic E-state index is 12.1. The second kappa shape index (κ2) is 6.70. The van der Waals surface area contributed by atoms with Crippen molar-refractivity contribution in [1.82, 2.24) is 14.8 Å². The minimum absolute atomic E-state index is 0.109. The Morgan fingerprint density at radius 1 is 1.32 bits per heavy atom. The van der Waals surface area contributed by atoms with Crippen molar-refractivity contribution in [3.63, 3.8) is 0 Å². The lowest BCUT2D eigenvalue weighted by molar-refractivity contribution is 0.502. The molecule has 1 aliphatic rings. The highest BCUT2D eigenvalue weighted by Gasteiger charge is 2.25. The van der Waals surface area contributed by atoms with E-state index in [0.29, 0.717) is 10.4 Å². The normalized spacial score (nSPS) is 15.9. The van der Waals surface area contributed by atoms with Gasteiger partial charge in [-0.3, -0.25) is 4.79 Å². The van der Waals surface area contributed by atoms with Crippen LogP contribution in [0.4, 0.5) is 5.69 Å². The van der Waals surface area contributed by atoms with Crippen molar-refractivity contribution >= 4 is 54.8 Å². The number of nitrogens with zero attached hydrogens (tertiary/aromatic N) is 4. The molecule has 0 saturated carbocycles. The van der Waals surface area contributed by atoms with Gasteiger partial charge < -0.3 is 4.90 Å². The third kappa shape index (κ3) is 3.20. The average Bonchev–Trinajstić information content (AvgIpc) is 3.03. The number of rotatable bonds is 2. The van der Waals surface area contributed by atoms with Crippen molar-refractivity contribution < 1.29 is 0 Å². The van der Waals surface area contributed by atoms with Crippen LogP contribution in [0.15, 0.2) is 33.7 Å². The number of halogens is 2. The summed E-state index contributed by atoms with van der Waals surface area (Å²) in [6.07, 6.45) is 3.77. The van der Waals surface area contributed by atoms with Crippen LogP contribution in [0.2, 0.25) is 5.02 Å². The van der Waals surface area contributed by atoms with E-state index in [1.54, 1.807) is 24.6 Å². The van der Waals surface area contributed by atoms with Gasteiger partial charge in [0.15, 0.2) is 0 Å². The molecule has 5 nitrogen and oxygen atoms in total. The molecule has 0 N–H and O–H groups in total. The van der Waals surface area contributed by atoms with Crippen molar-refractivity contribution in [3.05, 3.63) is 49.3 Å². The summed E-state index contributed by atoms with van der Waals surface area (Å²) >= 11 is 11.2. The van der Waals surface area contributed by atoms with Crippen molar-refractivity contribution in [2.24, 2.45) is 7.05 Å². The summed E-state index contributed by atoms with van der Waals surface area (Å²) in [6, 6.07) is 5.87. The molecule has 4 rings (SSSR count). The van der Waals surface area contributed by atoms with Crippen LogP contribution in [0.5, 0.6) is 0 Å². The maximum Gasteiger partial charge on any atom is 0.282 e. The molecule has 2 aromatic heterocycles. The number of aromatic nitrogens is 3. The number of aryl methyl sites for hydroxylation is 1. The summed E-state index contributed by atoms with van der Waals surface area (Å²) < 4.78 is 3.10. The van der Waals surface area contributed by atoms with E-state index in [4.69, 9.17) is 16.6 Å². The zero-order valence-corrected chi connectivity index (χ0v) is 16.7. The smallest absolute Gasteiger partial charge is 0.282 e. The van der Waals surface area contributed by atoms with Gasteiger partial charge >= 0.3 is 0 Å². The zero-order chi connectivity index (χ0) is 17.6. The average molecular weight is 440 g/mol. The number of hydrogen-bond donors (Lipinski definition) is 0. The highest BCUT2D eigenvalue weighted by molar-refractivity contribution is 9.10. The van der Waals surface area contributed by atoms with E-state index < -0.39 is 0 Å². The summed E-state index contributed by atoms with van der Waals surface area (Å²) in [7, 11) is 1.66. The first-order valence-corrected chi connectivity index (χ1v) is 10.0. The Labute approximate surface area is 162 Å². The van der Waals surface area contributed by atoms with E-state index in [1.165, 1.54) is 14.4 Å². The van der Waals surface area contributed by atoms with Crippen LogP contribution < -0.4 is 10.5 Å². The first kappa shape index (κ1) is 17.0. The molecule has 0 amide bonds. The number of hydrogen-bond acceptors (Lipinski definition) is 5. The van der Waals surface area contributed by atoms with Gasteiger partial charge in [0.2, 0.25) is 0 Å². The lowest BCUT2D eigenvalue weighted by atomic mass is 9.97. The fraction of sp³-hybridized carbons (Fsp3) is 0.353. The molecule has 1 aliphatic heterocycles. The second-order valence-corrected chi connectivity index (χ2v) is 8.49. The van der Waals surface area contributed by atoms with Gasteiger partial charge in [-0.1, -0.05) is 11.6 Å². The van der Waals surface area contributed by atoms with Crippen LogP contribution in [0.1, 0.15) is 23.8 Å². The lowest BCUT2D eigenvalue weighted by Gasteiger charge is -2.33. The molecule has 1 saturated heterocycles. The number of thiazole rings is 1. The summed E-state index contributed by atoms with van der Waals surface area (Å²) in [5, 5.41) is 6.04. The van der Waals surface area contributed by atoms with Gasteiger partial charge in [-0.25, -0.2) is 9.67 Å². The Morgan fingerprint density at radius 2 is 2.08 bits per heavy atom. The Bertz CT molecular complexity index is 994. The predicted molar refractivity (Wildman–Crippen MR) is 106 cm³/mol. The zero-order valence-electron chi connectivity index (χ0n) is 13.6. The lowest BCUT2D eigenvalue weighted by Crippen LogP contribution is -2.35. The highest BCUT2D eigenvalue weighted by Crippen LogP contribution is 2.36. The minimum Gasteiger partial charge on any atom is -0.369 e. The van der Waals surface area contributed by atoms with Gasteiger partial charge in [-0.2, -0.15) is 5.10 Å². The van der Waals surface area contributed by atoms with Crippen LogP contribution in [0.25, 0.3) is 10.2 Å². The second-order valence-electron chi connectivity index (χ2n) is 6.20. The molecule has 0 atom stereocenters. The molecule has 8 heteroatoms. The van der Waals surface area contributed by atoms with Gasteiger partial charge in [-0.15, -0.1) is 11.3 Å². The van der Waals surface area contributed by atoms with E-state index in [-0.39, 0.29) is 5.56 Å². The van der Waals surface area contributed by atoms with Gasteiger partial charge in [0, 0.05) is 31.1 Å². The van der Waals surface area contributed by atoms with Crippen LogP contribution in [-0.4, -0.2) is 27.9 Å². The quantitative estimate of drug-likeness (QED) is 0.601. The molecule has 3 aromatic rings. The molecule has 0 radical (unpaired) electrons. The fourth-order valence-corrected chi connectivity index (χ4v) is 5.08. The topological polar surface area (TPSA) is 51.0 Å². The molecule has 130 valence electrons. The summed E-state index contributed by atoms with van der Waals surface area (Å²) in [5.74, 6) is 0.450. The van der Waals surface area contributed by atoms with Gasteiger partial charge in [0.05, 0.1) is 27.1 Å². The first-order valence-electron chi connectivity index (χ1n) is 8.05. The third-order valence-electron chi connectivity index (χ3n) is 4.61. The summed E-state index contributed by atoms with van der Waals surface area (Å²) in [6.45, 7) is 1.77. The molecular weight excluding hydrogens is 424 g/mol. The number of piperidine rings is 1. The van der Waals surface area contributed by atoms with Crippen molar-refractivity contribution in [1.29, 1.82) is 0 Å². The van der Waals surface area contributed by atoms with E-state index >= 15 is 0 Å². The molecule has 1 aromatic carbocycles. The largest absolute Gasteiger partial charge is 0.369 e. The van der Waals surface area contributed by atoms with Crippen LogP contribution in [0.3, 0.4) is 0 Å². The standard InChI is InChI=1S/C17H16BrClN4OS/c1-22-17(24)15(18)13(9-20-22)23-6-4-10(5-7-23)16-21-12-8-11(19)2-3-14(12)25-16/h2-3,8-10H,4-7H2,1H3. The molecule has 1 fully saturated rings. The number of anilines is 1. The Balaban J connectivity index is 1.53. The maximum absolute atomic E-state index is 12.1. The number of fused-ring (bicyclic) bond motifs is 1. The highest BCUT2D eigenvalue weighted by atomic mass is 79.9. The van der Waals surface area contributed by atoms with Crippen LogP contribution >= 0.6 is 38.9 Å².